The predicted octanol–water partition coefficient (Wildman–Crippen LogP) is 4.45. The zero-order valence-electron chi connectivity index (χ0n) is 11.3. The predicted molar refractivity (Wildman–Crippen MR) is 76.3 cm³/mol. The van der Waals surface area contributed by atoms with Crippen molar-refractivity contribution in [2.24, 2.45) is 17.6 Å². The van der Waals surface area contributed by atoms with Crippen LogP contribution in [0, 0.1) is 18.8 Å². The maximum Gasteiger partial charge on any atom is 0.0423 e. The molecule has 2 atom stereocenters. The van der Waals surface area contributed by atoms with Gasteiger partial charge in [0.15, 0.2) is 0 Å². The van der Waals surface area contributed by atoms with Crippen LogP contribution in [0.25, 0.3) is 0 Å². The Morgan fingerprint density at radius 2 is 2.29 bits per heavy atom. The average Bonchev–Trinajstić information content (AvgIpc) is 2.64. The Bertz CT molecular complexity index is 369. The van der Waals surface area contributed by atoms with Crippen molar-refractivity contribution in [1.29, 1.82) is 0 Å². The topological polar surface area (TPSA) is 26.0 Å². The van der Waals surface area contributed by atoms with Crippen LogP contribution in [0.15, 0.2) is 11.4 Å². The van der Waals surface area contributed by atoms with E-state index in [-0.39, 0.29) is 5.54 Å². The summed E-state index contributed by atoms with van der Waals surface area (Å²) in [5.41, 5.74) is 8.07. The number of thiophene rings is 1. The van der Waals surface area contributed by atoms with Crippen molar-refractivity contribution in [2.45, 2.75) is 58.4 Å². The summed E-state index contributed by atoms with van der Waals surface area (Å²) in [5, 5.41) is 2.19. The van der Waals surface area contributed by atoms with Gasteiger partial charge in [-0.05, 0) is 55.0 Å². The molecule has 1 aliphatic carbocycles. The van der Waals surface area contributed by atoms with Gasteiger partial charge in [0.1, 0.15) is 0 Å². The molecule has 0 spiro atoms. The molecule has 2 heteroatoms. The fourth-order valence-corrected chi connectivity index (χ4v) is 4.25. The van der Waals surface area contributed by atoms with Crippen LogP contribution >= 0.6 is 11.3 Å². The fraction of sp³-hybridized carbons (Fsp3) is 0.733. The smallest absolute Gasteiger partial charge is 0.0423 e. The van der Waals surface area contributed by atoms with Gasteiger partial charge in [-0.25, -0.2) is 0 Å². The second kappa shape index (κ2) is 5.11. The van der Waals surface area contributed by atoms with Gasteiger partial charge in [-0.1, -0.05) is 26.7 Å². The van der Waals surface area contributed by atoms with Gasteiger partial charge >= 0.3 is 0 Å². The molecule has 2 N–H and O–H groups in total. The van der Waals surface area contributed by atoms with Crippen LogP contribution in [0.2, 0.25) is 0 Å². The lowest BCUT2D eigenvalue weighted by Crippen LogP contribution is -2.41. The molecule has 0 aromatic carbocycles. The van der Waals surface area contributed by atoms with Gasteiger partial charge in [0, 0.05) is 10.4 Å². The summed E-state index contributed by atoms with van der Waals surface area (Å²) in [5.74, 6) is 1.62. The molecule has 0 bridgehead atoms. The molecule has 17 heavy (non-hydrogen) atoms. The number of hydrogen-bond acceptors (Lipinski definition) is 2. The number of hydrogen-bond donors (Lipinski definition) is 1. The second-order valence-corrected chi connectivity index (χ2v) is 7.26. The highest BCUT2D eigenvalue weighted by Crippen LogP contribution is 2.42. The normalized spacial score (nSPS) is 29.8. The summed E-state index contributed by atoms with van der Waals surface area (Å²) >= 11 is 1.83. The minimum absolute atomic E-state index is 0.0398. The first-order valence-corrected chi connectivity index (χ1v) is 7.72. The monoisotopic (exact) mass is 251 g/mol. The summed E-state index contributed by atoms with van der Waals surface area (Å²) in [6.07, 6.45) is 6.35. The molecular weight excluding hydrogens is 226 g/mol. The first kappa shape index (κ1) is 13.1. The van der Waals surface area contributed by atoms with Crippen LogP contribution in [0.5, 0.6) is 0 Å². The molecule has 2 unspecified atom stereocenters. The Balaban J connectivity index is 2.12. The van der Waals surface area contributed by atoms with E-state index in [9.17, 15) is 0 Å². The summed E-state index contributed by atoms with van der Waals surface area (Å²) in [7, 11) is 0. The standard InChI is InChI=1S/C15H25NS/c1-11(2)9-13-5-4-7-15(16,10-13)14-6-8-17-12(14)3/h6,8,11,13H,4-5,7,9-10,16H2,1-3H3. The fourth-order valence-electron chi connectivity index (χ4n) is 3.44. The van der Waals surface area contributed by atoms with Crippen LogP contribution in [-0.2, 0) is 5.54 Å². The number of rotatable bonds is 3. The van der Waals surface area contributed by atoms with Crippen molar-refractivity contribution in [2.75, 3.05) is 0 Å². The second-order valence-electron chi connectivity index (χ2n) is 6.14. The average molecular weight is 251 g/mol. The lowest BCUT2D eigenvalue weighted by atomic mass is 9.71. The van der Waals surface area contributed by atoms with Crippen LogP contribution in [0.1, 0.15) is 56.4 Å². The highest BCUT2D eigenvalue weighted by atomic mass is 32.1. The molecule has 96 valence electrons. The van der Waals surface area contributed by atoms with Crippen molar-refractivity contribution in [3.63, 3.8) is 0 Å². The van der Waals surface area contributed by atoms with E-state index in [0.717, 1.165) is 11.8 Å². The van der Waals surface area contributed by atoms with Crippen LogP contribution < -0.4 is 5.73 Å². The Morgan fingerprint density at radius 1 is 1.53 bits per heavy atom. The Morgan fingerprint density at radius 3 is 2.88 bits per heavy atom. The third kappa shape index (κ3) is 2.92. The third-order valence-corrected chi connectivity index (χ3v) is 4.93. The molecular formula is C15H25NS. The minimum Gasteiger partial charge on any atom is -0.321 e. The van der Waals surface area contributed by atoms with E-state index in [4.69, 9.17) is 5.73 Å². The van der Waals surface area contributed by atoms with E-state index < -0.39 is 0 Å². The molecule has 1 aromatic heterocycles. The molecule has 0 saturated heterocycles. The van der Waals surface area contributed by atoms with E-state index in [1.165, 1.54) is 42.5 Å². The molecule has 0 amide bonds. The highest BCUT2D eigenvalue weighted by molar-refractivity contribution is 7.10. The quantitative estimate of drug-likeness (QED) is 0.844. The molecule has 0 aliphatic heterocycles. The van der Waals surface area contributed by atoms with Gasteiger partial charge in [0.2, 0.25) is 0 Å². The Labute approximate surface area is 109 Å². The van der Waals surface area contributed by atoms with Gasteiger partial charge in [0.25, 0.3) is 0 Å². The van der Waals surface area contributed by atoms with Gasteiger partial charge in [0.05, 0.1) is 0 Å². The van der Waals surface area contributed by atoms with E-state index in [0.29, 0.717) is 0 Å². The van der Waals surface area contributed by atoms with E-state index in [1.807, 2.05) is 11.3 Å². The SMILES string of the molecule is Cc1sccc1C1(N)CCCC(CC(C)C)C1. The van der Waals surface area contributed by atoms with E-state index >= 15 is 0 Å². The van der Waals surface area contributed by atoms with Crippen LogP contribution in [0.3, 0.4) is 0 Å². The van der Waals surface area contributed by atoms with Gasteiger partial charge in [-0.3, -0.25) is 0 Å². The van der Waals surface area contributed by atoms with E-state index in [2.05, 4.69) is 32.2 Å². The summed E-state index contributed by atoms with van der Waals surface area (Å²) in [6.45, 7) is 6.85. The zero-order chi connectivity index (χ0) is 12.5. The third-order valence-electron chi connectivity index (χ3n) is 4.09. The molecule has 1 saturated carbocycles. The van der Waals surface area contributed by atoms with Crippen LogP contribution in [0.4, 0.5) is 0 Å². The summed E-state index contributed by atoms with van der Waals surface area (Å²) in [4.78, 5) is 1.41. The molecule has 1 fully saturated rings. The van der Waals surface area contributed by atoms with Crippen molar-refractivity contribution >= 4 is 11.3 Å². The number of nitrogens with two attached hydrogens (primary N) is 1. The molecule has 0 radical (unpaired) electrons. The van der Waals surface area contributed by atoms with Gasteiger partial charge in [-0.2, -0.15) is 0 Å². The minimum atomic E-state index is -0.0398. The largest absolute Gasteiger partial charge is 0.321 e. The lowest BCUT2D eigenvalue weighted by Gasteiger charge is -2.39. The number of aryl methyl sites for hydroxylation is 1. The van der Waals surface area contributed by atoms with Gasteiger partial charge in [-0.15, -0.1) is 11.3 Å². The molecule has 2 rings (SSSR count). The Hall–Kier alpha value is -0.340. The van der Waals surface area contributed by atoms with Crippen LogP contribution in [-0.4, -0.2) is 0 Å². The summed E-state index contributed by atoms with van der Waals surface area (Å²) in [6, 6.07) is 2.25. The zero-order valence-corrected chi connectivity index (χ0v) is 12.1. The maximum absolute atomic E-state index is 6.70. The molecule has 1 aliphatic rings. The van der Waals surface area contributed by atoms with Crippen molar-refractivity contribution in [3.05, 3.63) is 21.9 Å². The molecule has 1 nitrogen and oxygen atoms in total. The molecule has 1 aromatic rings. The van der Waals surface area contributed by atoms with E-state index in [1.54, 1.807) is 0 Å². The molecule has 1 heterocycles. The summed E-state index contributed by atoms with van der Waals surface area (Å²) < 4.78 is 0. The highest BCUT2D eigenvalue weighted by Gasteiger charge is 2.35. The Kier molecular flexibility index (Phi) is 3.94. The maximum atomic E-state index is 6.70. The van der Waals surface area contributed by atoms with Crippen molar-refractivity contribution in [3.8, 4) is 0 Å². The van der Waals surface area contributed by atoms with Crippen molar-refractivity contribution in [1.82, 2.24) is 0 Å². The van der Waals surface area contributed by atoms with Crippen molar-refractivity contribution < 1.29 is 0 Å². The first-order valence-electron chi connectivity index (χ1n) is 6.85. The lowest BCUT2D eigenvalue weighted by molar-refractivity contribution is 0.202. The van der Waals surface area contributed by atoms with Gasteiger partial charge < -0.3 is 5.73 Å². The first-order chi connectivity index (χ1) is 8.01.